The van der Waals surface area contributed by atoms with Crippen LogP contribution >= 0.6 is 0 Å². The van der Waals surface area contributed by atoms with E-state index in [0.717, 1.165) is 48.6 Å². The molecule has 7 nitrogen and oxygen atoms in total. The van der Waals surface area contributed by atoms with Gasteiger partial charge in [-0.25, -0.2) is 9.97 Å². The number of aryl methyl sites for hydroxylation is 2. The summed E-state index contributed by atoms with van der Waals surface area (Å²) in [6, 6.07) is 0. The number of ether oxygens (including phenoxy) is 1. The number of nitrogens with zero attached hydrogens (tertiary/aromatic N) is 4. The van der Waals surface area contributed by atoms with Gasteiger partial charge < -0.3 is 14.5 Å². The van der Waals surface area contributed by atoms with Gasteiger partial charge in [-0.15, -0.1) is 0 Å². The van der Waals surface area contributed by atoms with E-state index in [1.807, 2.05) is 30.6 Å². The first-order valence-electron chi connectivity index (χ1n) is 10.5. The minimum absolute atomic E-state index is 0.111. The van der Waals surface area contributed by atoms with E-state index in [1.165, 1.54) is 0 Å². The molecule has 7 heteroatoms. The van der Waals surface area contributed by atoms with E-state index >= 15 is 0 Å². The zero-order valence-electron chi connectivity index (χ0n) is 17.4. The van der Waals surface area contributed by atoms with Crippen LogP contribution in [0.2, 0.25) is 0 Å². The Balaban J connectivity index is 1.70. The van der Waals surface area contributed by atoms with Gasteiger partial charge in [0.1, 0.15) is 5.82 Å². The molecule has 2 saturated heterocycles. The Labute approximate surface area is 167 Å². The van der Waals surface area contributed by atoms with Gasteiger partial charge >= 0.3 is 0 Å². The van der Waals surface area contributed by atoms with Crippen molar-refractivity contribution in [2.24, 2.45) is 0 Å². The summed E-state index contributed by atoms with van der Waals surface area (Å²) < 4.78 is 5.32. The van der Waals surface area contributed by atoms with E-state index < -0.39 is 0 Å². The maximum absolute atomic E-state index is 12.6. The second kappa shape index (κ2) is 9.45. The molecule has 0 aromatic carbocycles. The molecular formula is C21H32N4O3. The lowest BCUT2D eigenvalue weighted by molar-refractivity contribution is -0.134. The van der Waals surface area contributed by atoms with Gasteiger partial charge in [-0.3, -0.25) is 9.59 Å². The third kappa shape index (κ3) is 4.87. The molecule has 0 N–H and O–H groups in total. The Morgan fingerprint density at radius 2 is 1.71 bits per heavy atom. The lowest BCUT2D eigenvalue weighted by Crippen LogP contribution is -2.41. The smallest absolute Gasteiger partial charge is 0.227 e. The zero-order chi connectivity index (χ0) is 20.1. The number of carbonyl (C=O) groups is 2. The molecule has 0 radical (unpaired) electrons. The van der Waals surface area contributed by atoms with Gasteiger partial charge in [0.25, 0.3) is 0 Å². The number of hydrogen-bond donors (Lipinski definition) is 0. The standard InChI is InChI=1S/C21H32N4O3/c1-4-6-19(26)25-8-5-7-17(14-25)21-22-15(2)18(16(3)23-21)13-20(27)24-9-11-28-12-10-24/h17H,4-14H2,1-3H3/t17-/m1/s1. The number of carbonyl (C=O) groups excluding carboxylic acids is 2. The molecule has 0 bridgehead atoms. The second-order valence-electron chi connectivity index (χ2n) is 7.83. The van der Waals surface area contributed by atoms with E-state index in [4.69, 9.17) is 14.7 Å². The molecule has 0 saturated carbocycles. The Bertz CT molecular complexity index is 693. The van der Waals surface area contributed by atoms with E-state index in [0.29, 0.717) is 45.7 Å². The van der Waals surface area contributed by atoms with Crippen LogP contribution < -0.4 is 0 Å². The van der Waals surface area contributed by atoms with Crippen molar-refractivity contribution in [3.63, 3.8) is 0 Å². The van der Waals surface area contributed by atoms with Crippen LogP contribution in [0.3, 0.4) is 0 Å². The highest BCUT2D eigenvalue weighted by Crippen LogP contribution is 2.26. The third-order valence-corrected chi connectivity index (χ3v) is 5.73. The molecule has 0 unspecified atom stereocenters. The van der Waals surface area contributed by atoms with E-state index in [9.17, 15) is 9.59 Å². The molecule has 3 rings (SSSR count). The van der Waals surface area contributed by atoms with Crippen molar-refractivity contribution in [1.82, 2.24) is 19.8 Å². The van der Waals surface area contributed by atoms with Crippen molar-refractivity contribution in [2.45, 2.75) is 58.8 Å². The molecule has 0 aliphatic carbocycles. The predicted molar refractivity (Wildman–Crippen MR) is 106 cm³/mol. The van der Waals surface area contributed by atoms with Gasteiger partial charge in [-0.1, -0.05) is 6.92 Å². The summed E-state index contributed by atoms with van der Waals surface area (Å²) in [6.07, 6.45) is 3.80. The maximum Gasteiger partial charge on any atom is 0.227 e. The van der Waals surface area contributed by atoms with E-state index in [1.54, 1.807) is 0 Å². The Morgan fingerprint density at radius 3 is 2.36 bits per heavy atom. The fraction of sp³-hybridized carbons (Fsp3) is 0.714. The molecule has 154 valence electrons. The van der Waals surface area contributed by atoms with Crippen LogP contribution in [-0.2, 0) is 20.7 Å². The molecular weight excluding hydrogens is 356 g/mol. The Morgan fingerprint density at radius 1 is 1.04 bits per heavy atom. The molecule has 2 aliphatic heterocycles. The third-order valence-electron chi connectivity index (χ3n) is 5.73. The van der Waals surface area contributed by atoms with Crippen molar-refractivity contribution in [3.8, 4) is 0 Å². The molecule has 0 spiro atoms. The minimum atomic E-state index is 0.111. The first-order valence-corrected chi connectivity index (χ1v) is 10.5. The lowest BCUT2D eigenvalue weighted by atomic mass is 9.96. The Hall–Kier alpha value is -2.02. The number of likely N-dealkylation sites (tertiary alicyclic amines) is 1. The van der Waals surface area contributed by atoms with Gasteiger partial charge in [0.2, 0.25) is 11.8 Å². The first-order chi connectivity index (χ1) is 13.5. The summed E-state index contributed by atoms with van der Waals surface area (Å²) in [7, 11) is 0. The van der Waals surface area contributed by atoms with Crippen LogP contribution in [-0.4, -0.2) is 71.0 Å². The van der Waals surface area contributed by atoms with Gasteiger partial charge in [0, 0.05) is 55.5 Å². The summed E-state index contributed by atoms with van der Waals surface area (Å²) in [5, 5.41) is 0. The van der Waals surface area contributed by atoms with E-state index in [2.05, 4.69) is 0 Å². The fourth-order valence-corrected chi connectivity index (χ4v) is 4.07. The summed E-state index contributed by atoms with van der Waals surface area (Å²) in [4.78, 5) is 38.2. The van der Waals surface area contributed by atoms with Crippen LogP contribution in [0.5, 0.6) is 0 Å². The van der Waals surface area contributed by atoms with Gasteiger partial charge in [-0.05, 0) is 33.1 Å². The zero-order valence-corrected chi connectivity index (χ0v) is 17.4. The van der Waals surface area contributed by atoms with Crippen molar-refractivity contribution >= 4 is 11.8 Å². The average Bonchev–Trinajstić information content (AvgIpc) is 2.71. The second-order valence-corrected chi connectivity index (χ2v) is 7.83. The molecule has 28 heavy (non-hydrogen) atoms. The number of aromatic nitrogens is 2. The van der Waals surface area contributed by atoms with Gasteiger partial charge in [-0.2, -0.15) is 0 Å². The van der Waals surface area contributed by atoms with Crippen molar-refractivity contribution in [1.29, 1.82) is 0 Å². The van der Waals surface area contributed by atoms with Crippen molar-refractivity contribution in [2.75, 3.05) is 39.4 Å². The molecule has 2 amide bonds. The molecule has 2 fully saturated rings. The molecule has 2 aliphatic rings. The highest BCUT2D eigenvalue weighted by Gasteiger charge is 2.27. The SMILES string of the molecule is CCCC(=O)N1CCC[C@@H](c2nc(C)c(CC(=O)N3CCOCC3)c(C)n2)C1. The quantitative estimate of drug-likeness (QED) is 0.771. The van der Waals surface area contributed by atoms with Crippen LogP contribution in [0.15, 0.2) is 0 Å². The summed E-state index contributed by atoms with van der Waals surface area (Å²) in [6.45, 7) is 10.0. The van der Waals surface area contributed by atoms with Crippen LogP contribution in [0.4, 0.5) is 0 Å². The minimum Gasteiger partial charge on any atom is -0.378 e. The van der Waals surface area contributed by atoms with Gasteiger partial charge in [0.15, 0.2) is 0 Å². The molecule has 1 aromatic rings. The number of hydrogen-bond acceptors (Lipinski definition) is 5. The predicted octanol–water partition coefficient (Wildman–Crippen LogP) is 2.00. The average molecular weight is 389 g/mol. The van der Waals surface area contributed by atoms with Crippen molar-refractivity contribution in [3.05, 3.63) is 22.8 Å². The first kappa shape index (κ1) is 20.7. The molecule has 1 aromatic heterocycles. The fourth-order valence-electron chi connectivity index (χ4n) is 4.07. The van der Waals surface area contributed by atoms with Crippen LogP contribution in [0.25, 0.3) is 0 Å². The van der Waals surface area contributed by atoms with Gasteiger partial charge in [0.05, 0.1) is 19.6 Å². The Kier molecular flexibility index (Phi) is 6.99. The lowest BCUT2D eigenvalue weighted by Gasteiger charge is -2.32. The summed E-state index contributed by atoms with van der Waals surface area (Å²) >= 11 is 0. The van der Waals surface area contributed by atoms with Crippen molar-refractivity contribution < 1.29 is 14.3 Å². The van der Waals surface area contributed by atoms with E-state index in [-0.39, 0.29) is 17.7 Å². The van der Waals surface area contributed by atoms with Crippen LogP contribution in [0, 0.1) is 13.8 Å². The summed E-state index contributed by atoms with van der Waals surface area (Å²) in [5.41, 5.74) is 2.68. The molecule has 3 heterocycles. The largest absolute Gasteiger partial charge is 0.378 e. The number of amides is 2. The summed E-state index contributed by atoms with van der Waals surface area (Å²) in [5.74, 6) is 1.33. The topological polar surface area (TPSA) is 75.6 Å². The molecule has 1 atom stereocenters. The highest BCUT2D eigenvalue weighted by molar-refractivity contribution is 5.79. The monoisotopic (exact) mass is 388 g/mol. The highest BCUT2D eigenvalue weighted by atomic mass is 16.5. The maximum atomic E-state index is 12.6. The normalized spacial score (nSPS) is 20.3. The number of piperidine rings is 1. The number of morpholine rings is 1. The van der Waals surface area contributed by atoms with Crippen LogP contribution in [0.1, 0.15) is 61.3 Å². The number of rotatable bonds is 5.